The summed E-state index contributed by atoms with van der Waals surface area (Å²) in [4.78, 5) is 10.4. The molecular formula is C15H18N4O2. The van der Waals surface area contributed by atoms with Crippen molar-refractivity contribution in [1.29, 1.82) is 0 Å². The van der Waals surface area contributed by atoms with Gasteiger partial charge in [0, 0.05) is 13.1 Å². The fraction of sp³-hybridized carbons (Fsp3) is 0.333. The summed E-state index contributed by atoms with van der Waals surface area (Å²) in [5.74, 6) is 2.30. The topological polar surface area (TPSA) is 73.5 Å². The third-order valence-corrected chi connectivity index (χ3v) is 3.74. The average Bonchev–Trinajstić information content (AvgIpc) is 2.53. The van der Waals surface area contributed by atoms with E-state index in [0.29, 0.717) is 5.69 Å². The minimum atomic E-state index is 0.599. The molecule has 21 heavy (non-hydrogen) atoms. The average molecular weight is 286 g/mol. The van der Waals surface area contributed by atoms with E-state index >= 15 is 0 Å². The number of anilines is 2. The van der Waals surface area contributed by atoms with Crippen LogP contribution in [0.4, 0.5) is 11.5 Å². The highest BCUT2D eigenvalue weighted by atomic mass is 16.5. The SMILES string of the molecule is COc1cc2c(cc1OC)CN(c1ncncc1N)CC2. The number of hydrogen-bond donors (Lipinski definition) is 1. The number of methoxy groups -OCH3 is 2. The van der Waals surface area contributed by atoms with Crippen LogP contribution >= 0.6 is 0 Å². The van der Waals surface area contributed by atoms with Crippen LogP contribution in [0, 0.1) is 0 Å². The molecule has 1 aliphatic rings. The van der Waals surface area contributed by atoms with Crippen molar-refractivity contribution in [3.05, 3.63) is 35.8 Å². The van der Waals surface area contributed by atoms with E-state index in [1.165, 1.54) is 17.5 Å². The first-order valence-corrected chi connectivity index (χ1v) is 6.77. The number of rotatable bonds is 3. The molecule has 0 amide bonds. The Morgan fingerprint density at radius 3 is 2.52 bits per heavy atom. The summed E-state index contributed by atoms with van der Waals surface area (Å²) in [5, 5.41) is 0. The number of nitrogens with zero attached hydrogens (tertiary/aromatic N) is 3. The van der Waals surface area contributed by atoms with Crippen molar-refractivity contribution >= 4 is 11.5 Å². The second-order valence-corrected chi connectivity index (χ2v) is 4.95. The van der Waals surface area contributed by atoms with Gasteiger partial charge in [0.2, 0.25) is 0 Å². The van der Waals surface area contributed by atoms with Crippen molar-refractivity contribution in [2.45, 2.75) is 13.0 Å². The zero-order chi connectivity index (χ0) is 14.8. The molecule has 1 aromatic heterocycles. The maximum Gasteiger partial charge on any atom is 0.161 e. The van der Waals surface area contributed by atoms with Crippen LogP contribution in [-0.2, 0) is 13.0 Å². The van der Waals surface area contributed by atoms with Gasteiger partial charge in [0.1, 0.15) is 6.33 Å². The van der Waals surface area contributed by atoms with E-state index in [2.05, 4.69) is 20.9 Å². The zero-order valence-corrected chi connectivity index (χ0v) is 12.2. The molecule has 6 nitrogen and oxygen atoms in total. The molecule has 110 valence electrons. The molecule has 1 aliphatic heterocycles. The fourth-order valence-electron chi connectivity index (χ4n) is 2.66. The van der Waals surface area contributed by atoms with Gasteiger partial charge >= 0.3 is 0 Å². The van der Waals surface area contributed by atoms with E-state index in [4.69, 9.17) is 15.2 Å². The molecule has 0 spiro atoms. The van der Waals surface area contributed by atoms with Crippen LogP contribution in [0.15, 0.2) is 24.7 Å². The van der Waals surface area contributed by atoms with Crippen molar-refractivity contribution in [2.75, 3.05) is 31.4 Å². The van der Waals surface area contributed by atoms with E-state index in [1.54, 1.807) is 20.4 Å². The molecule has 6 heteroatoms. The Morgan fingerprint density at radius 1 is 1.14 bits per heavy atom. The van der Waals surface area contributed by atoms with Crippen molar-refractivity contribution < 1.29 is 9.47 Å². The monoisotopic (exact) mass is 286 g/mol. The third-order valence-electron chi connectivity index (χ3n) is 3.74. The Bertz CT molecular complexity index is 660. The van der Waals surface area contributed by atoms with Crippen LogP contribution in [-0.4, -0.2) is 30.7 Å². The van der Waals surface area contributed by atoms with Crippen LogP contribution < -0.4 is 20.1 Å². The van der Waals surface area contributed by atoms with Gasteiger partial charge in [0.15, 0.2) is 17.3 Å². The van der Waals surface area contributed by atoms with Crippen LogP contribution in [0.25, 0.3) is 0 Å². The van der Waals surface area contributed by atoms with E-state index < -0.39 is 0 Å². The number of aromatic nitrogens is 2. The molecule has 2 heterocycles. The predicted molar refractivity (Wildman–Crippen MR) is 80.7 cm³/mol. The maximum absolute atomic E-state index is 5.96. The first-order chi connectivity index (χ1) is 10.2. The molecule has 0 atom stereocenters. The first-order valence-electron chi connectivity index (χ1n) is 6.77. The first kappa shape index (κ1) is 13.5. The van der Waals surface area contributed by atoms with Gasteiger partial charge in [0.05, 0.1) is 26.1 Å². The van der Waals surface area contributed by atoms with E-state index in [9.17, 15) is 0 Å². The Balaban J connectivity index is 1.93. The van der Waals surface area contributed by atoms with Crippen molar-refractivity contribution in [3.63, 3.8) is 0 Å². The highest BCUT2D eigenvalue weighted by Gasteiger charge is 2.21. The lowest BCUT2D eigenvalue weighted by molar-refractivity contribution is 0.353. The molecule has 0 aliphatic carbocycles. The molecule has 3 rings (SSSR count). The number of fused-ring (bicyclic) bond motifs is 1. The van der Waals surface area contributed by atoms with Gasteiger partial charge in [-0.25, -0.2) is 9.97 Å². The molecular weight excluding hydrogens is 268 g/mol. The lowest BCUT2D eigenvalue weighted by Crippen LogP contribution is -2.31. The van der Waals surface area contributed by atoms with Gasteiger partial charge in [-0.05, 0) is 29.7 Å². The number of ether oxygens (including phenoxy) is 2. The van der Waals surface area contributed by atoms with E-state index in [1.807, 2.05) is 6.07 Å². The highest BCUT2D eigenvalue weighted by molar-refractivity contribution is 5.62. The number of hydrogen-bond acceptors (Lipinski definition) is 6. The summed E-state index contributed by atoms with van der Waals surface area (Å²) >= 11 is 0. The van der Waals surface area contributed by atoms with Crippen LogP contribution in [0.3, 0.4) is 0 Å². The lowest BCUT2D eigenvalue weighted by Gasteiger charge is -2.30. The Kier molecular flexibility index (Phi) is 3.51. The Labute approximate surface area is 123 Å². The summed E-state index contributed by atoms with van der Waals surface area (Å²) in [6.07, 6.45) is 4.07. The Hall–Kier alpha value is -2.50. The summed E-state index contributed by atoms with van der Waals surface area (Å²) in [6.45, 7) is 1.61. The lowest BCUT2D eigenvalue weighted by atomic mass is 9.98. The molecule has 1 aromatic carbocycles. The number of nitrogens with two attached hydrogens (primary N) is 1. The molecule has 0 radical (unpaired) electrons. The van der Waals surface area contributed by atoms with Gasteiger partial charge in [-0.1, -0.05) is 0 Å². The molecule has 2 aromatic rings. The summed E-state index contributed by atoms with van der Waals surface area (Å²) in [5.41, 5.74) is 9.04. The predicted octanol–water partition coefficient (Wildman–Crippen LogP) is 1.64. The standard InChI is InChI=1S/C15H18N4O2/c1-20-13-5-10-3-4-19(8-11(10)6-14(13)21-2)15-12(16)7-17-9-18-15/h5-7,9H,3-4,8,16H2,1-2H3. The van der Waals surface area contributed by atoms with E-state index in [0.717, 1.165) is 36.8 Å². The van der Waals surface area contributed by atoms with Gasteiger partial charge in [-0.15, -0.1) is 0 Å². The van der Waals surface area contributed by atoms with Crippen LogP contribution in [0.5, 0.6) is 11.5 Å². The van der Waals surface area contributed by atoms with Crippen molar-refractivity contribution in [1.82, 2.24) is 9.97 Å². The number of nitrogen functional groups attached to an aromatic ring is 1. The quantitative estimate of drug-likeness (QED) is 0.924. The molecule has 0 bridgehead atoms. The number of benzene rings is 1. The largest absolute Gasteiger partial charge is 0.493 e. The highest BCUT2D eigenvalue weighted by Crippen LogP contribution is 2.34. The minimum Gasteiger partial charge on any atom is -0.493 e. The Morgan fingerprint density at radius 2 is 1.86 bits per heavy atom. The summed E-state index contributed by atoms with van der Waals surface area (Å²) < 4.78 is 10.7. The van der Waals surface area contributed by atoms with E-state index in [-0.39, 0.29) is 0 Å². The minimum absolute atomic E-state index is 0.599. The fourth-order valence-corrected chi connectivity index (χ4v) is 2.66. The van der Waals surface area contributed by atoms with Crippen LogP contribution in [0.1, 0.15) is 11.1 Å². The molecule has 0 unspecified atom stereocenters. The smallest absolute Gasteiger partial charge is 0.161 e. The second kappa shape index (κ2) is 5.47. The molecule has 0 fully saturated rings. The van der Waals surface area contributed by atoms with Crippen LogP contribution in [0.2, 0.25) is 0 Å². The third kappa shape index (κ3) is 2.44. The molecule has 0 saturated heterocycles. The zero-order valence-electron chi connectivity index (χ0n) is 12.2. The molecule has 2 N–H and O–H groups in total. The molecule has 0 saturated carbocycles. The van der Waals surface area contributed by atoms with Gasteiger partial charge in [-0.2, -0.15) is 0 Å². The van der Waals surface area contributed by atoms with Gasteiger partial charge < -0.3 is 20.1 Å². The maximum atomic E-state index is 5.96. The van der Waals surface area contributed by atoms with Crippen molar-refractivity contribution in [3.8, 4) is 11.5 Å². The van der Waals surface area contributed by atoms with Crippen molar-refractivity contribution in [2.24, 2.45) is 0 Å². The summed E-state index contributed by atoms with van der Waals surface area (Å²) in [7, 11) is 3.30. The van der Waals surface area contributed by atoms with Gasteiger partial charge in [0.25, 0.3) is 0 Å². The second-order valence-electron chi connectivity index (χ2n) is 4.95. The summed E-state index contributed by atoms with van der Waals surface area (Å²) in [6, 6.07) is 4.08. The van der Waals surface area contributed by atoms with Gasteiger partial charge in [-0.3, -0.25) is 0 Å². The normalized spacial score (nSPS) is 13.7.